The number of hydrogen-bond acceptors (Lipinski definition) is 14. The van der Waals surface area contributed by atoms with Gasteiger partial charge in [0.05, 0.1) is 19.8 Å². The number of hydrogen-bond donors (Lipinski definition) is 9. The molecule has 14 nitrogen and oxygen atoms in total. The summed E-state index contributed by atoms with van der Waals surface area (Å²) in [7, 11) is 0. The Morgan fingerprint density at radius 3 is 2.13 bits per heavy atom. The highest BCUT2D eigenvalue weighted by molar-refractivity contribution is 4.95. The third-order valence-electron chi connectivity index (χ3n) is 5.46. The Balaban J connectivity index is 1.64. The van der Waals surface area contributed by atoms with Gasteiger partial charge in [-0.15, -0.1) is 0 Å². The summed E-state index contributed by atoms with van der Waals surface area (Å²) in [4.78, 5) is 0. The smallest absolute Gasteiger partial charge is 0.186 e. The van der Waals surface area contributed by atoms with Gasteiger partial charge in [0.15, 0.2) is 12.6 Å². The Morgan fingerprint density at radius 2 is 1.45 bits per heavy atom. The van der Waals surface area contributed by atoms with E-state index in [2.05, 4.69) is 0 Å². The Morgan fingerprint density at radius 1 is 0.774 bits per heavy atom. The second-order valence-electron chi connectivity index (χ2n) is 7.67. The molecule has 0 aliphatic carbocycles. The van der Waals surface area contributed by atoms with Crippen molar-refractivity contribution >= 4 is 0 Å². The van der Waals surface area contributed by atoms with Crippen LogP contribution in [0.25, 0.3) is 0 Å². The molecule has 13 atom stereocenters. The minimum atomic E-state index is -1.67. The maximum absolute atomic E-state index is 10.3. The zero-order valence-electron chi connectivity index (χ0n) is 16.3. The molecule has 31 heavy (non-hydrogen) atoms. The van der Waals surface area contributed by atoms with Crippen molar-refractivity contribution in [3.05, 3.63) is 6.61 Å². The maximum Gasteiger partial charge on any atom is 0.186 e. The van der Waals surface area contributed by atoms with E-state index in [0.717, 1.165) is 6.61 Å². The molecule has 0 aromatic carbocycles. The van der Waals surface area contributed by atoms with Gasteiger partial charge in [0.25, 0.3) is 0 Å². The largest absolute Gasteiger partial charge is 0.394 e. The molecule has 1 radical (unpaired) electrons. The average molecular weight is 457 g/mol. The molecule has 0 bridgehead atoms. The summed E-state index contributed by atoms with van der Waals surface area (Å²) < 4.78 is 26.5. The van der Waals surface area contributed by atoms with Crippen LogP contribution in [0.4, 0.5) is 0 Å². The maximum atomic E-state index is 10.3. The van der Waals surface area contributed by atoms with Crippen LogP contribution in [0.2, 0.25) is 0 Å². The summed E-state index contributed by atoms with van der Waals surface area (Å²) in [6.07, 6.45) is -19.1. The molecule has 3 fully saturated rings. The Kier molecular flexibility index (Phi) is 8.56. The second kappa shape index (κ2) is 10.6. The summed E-state index contributed by atoms with van der Waals surface area (Å²) in [6, 6.07) is 0. The first kappa shape index (κ1) is 25.1. The summed E-state index contributed by atoms with van der Waals surface area (Å²) in [5.41, 5.74) is 0. The van der Waals surface area contributed by atoms with Crippen molar-refractivity contribution in [3.8, 4) is 0 Å². The molecule has 14 heteroatoms. The highest BCUT2D eigenvalue weighted by Gasteiger charge is 2.48. The molecule has 3 aliphatic rings. The van der Waals surface area contributed by atoms with Crippen LogP contribution in [0.15, 0.2) is 0 Å². The topological polar surface area (TPSA) is 228 Å². The standard InChI is InChI=1S/C17H29O14/c18-1-7-11(23)12(24)14(26)16(30-7)29-4-8-15(10(22)6(20)2-27-8)31-17-13(25)9(21)5(19)3-28-17/h2,5-26H,1,3-4H2/t5-,6+,7-,8-,9+,10-,11-,12+,13-,14-,15-,16-,17+/m1/s1. The van der Waals surface area contributed by atoms with Crippen LogP contribution in [0.5, 0.6) is 0 Å². The third-order valence-corrected chi connectivity index (χ3v) is 5.46. The van der Waals surface area contributed by atoms with Gasteiger partial charge in [-0.3, -0.25) is 0 Å². The fourth-order valence-corrected chi connectivity index (χ4v) is 3.50. The molecule has 3 rings (SSSR count). The molecule has 3 aliphatic heterocycles. The molecule has 0 aromatic rings. The lowest BCUT2D eigenvalue weighted by molar-refractivity contribution is -0.327. The monoisotopic (exact) mass is 457 g/mol. The van der Waals surface area contributed by atoms with Crippen molar-refractivity contribution in [2.24, 2.45) is 0 Å². The van der Waals surface area contributed by atoms with E-state index in [1.165, 1.54) is 0 Å². The van der Waals surface area contributed by atoms with E-state index in [0.29, 0.717) is 0 Å². The molecule has 0 saturated carbocycles. The van der Waals surface area contributed by atoms with Gasteiger partial charge >= 0.3 is 0 Å². The fourth-order valence-electron chi connectivity index (χ4n) is 3.50. The first-order chi connectivity index (χ1) is 14.6. The lowest BCUT2D eigenvalue weighted by Gasteiger charge is -2.43. The van der Waals surface area contributed by atoms with Crippen LogP contribution in [0.1, 0.15) is 0 Å². The Bertz CT molecular complexity index is 565. The quantitative estimate of drug-likeness (QED) is 0.181. The SMILES string of the molecule is OC[C@H]1O[C@@H](OC[C@H]2O[CH][C@H](O)[C@@H](O)[C@@H]2O[C@@H]2OC[C@@H](O)[C@H](O)[C@H]2O)[C@H](O)[C@@H](O)[C@@H]1O. The predicted octanol–water partition coefficient (Wildman–Crippen LogP) is -6.09. The van der Waals surface area contributed by atoms with Crippen LogP contribution >= 0.6 is 0 Å². The van der Waals surface area contributed by atoms with Gasteiger partial charge in [-0.05, 0) is 0 Å². The lowest BCUT2D eigenvalue weighted by atomic mass is 9.98. The van der Waals surface area contributed by atoms with Gasteiger partial charge in [-0.25, -0.2) is 0 Å². The molecule has 0 amide bonds. The van der Waals surface area contributed by atoms with Gasteiger partial charge < -0.3 is 69.6 Å². The van der Waals surface area contributed by atoms with Gasteiger partial charge in [-0.2, -0.15) is 0 Å². The van der Waals surface area contributed by atoms with Crippen LogP contribution in [-0.4, -0.2) is 146 Å². The van der Waals surface area contributed by atoms with Gasteiger partial charge in [-0.1, -0.05) is 0 Å². The van der Waals surface area contributed by atoms with E-state index in [9.17, 15) is 46.0 Å². The molecular formula is C17H29O14. The van der Waals surface area contributed by atoms with Crippen molar-refractivity contribution in [2.45, 2.75) is 79.7 Å². The van der Waals surface area contributed by atoms with E-state index >= 15 is 0 Å². The average Bonchev–Trinajstić information content (AvgIpc) is 2.76. The van der Waals surface area contributed by atoms with Crippen LogP contribution in [-0.2, 0) is 23.7 Å². The van der Waals surface area contributed by atoms with Crippen molar-refractivity contribution in [1.82, 2.24) is 0 Å². The molecule has 181 valence electrons. The van der Waals surface area contributed by atoms with Crippen LogP contribution in [0.3, 0.4) is 0 Å². The third kappa shape index (κ3) is 5.34. The van der Waals surface area contributed by atoms with E-state index in [-0.39, 0.29) is 6.61 Å². The van der Waals surface area contributed by atoms with E-state index in [1.807, 2.05) is 0 Å². The van der Waals surface area contributed by atoms with Crippen LogP contribution in [0, 0.1) is 6.61 Å². The van der Waals surface area contributed by atoms with Gasteiger partial charge in [0.2, 0.25) is 0 Å². The number of rotatable bonds is 6. The van der Waals surface area contributed by atoms with E-state index < -0.39 is 92.9 Å². The van der Waals surface area contributed by atoms with Gasteiger partial charge in [0.1, 0.15) is 73.8 Å². The first-order valence-electron chi connectivity index (χ1n) is 9.74. The molecular weight excluding hydrogens is 428 g/mol. The number of ether oxygens (including phenoxy) is 5. The van der Waals surface area contributed by atoms with Crippen molar-refractivity contribution in [3.63, 3.8) is 0 Å². The van der Waals surface area contributed by atoms with Crippen LogP contribution < -0.4 is 0 Å². The summed E-state index contributed by atoms with van der Waals surface area (Å²) in [6.45, 7) is -0.516. The Labute approximate surface area is 176 Å². The molecule has 0 unspecified atom stereocenters. The zero-order valence-corrected chi connectivity index (χ0v) is 16.3. The lowest BCUT2D eigenvalue weighted by Crippen LogP contribution is -2.61. The highest BCUT2D eigenvalue weighted by Crippen LogP contribution is 2.28. The van der Waals surface area contributed by atoms with E-state index in [1.54, 1.807) is 0 Å². The Hall–Kier alpha value is -0.560. The zero-order chi connectivity index (χ0) is 22.9. The first-order valence-corrected chi connectivity index (χ1v) is 9.74. The highest BCUT2D eigenvalue weighted by atomic mass is 16.7. The minimum absolute atomic E-state index is 0.354. The molecule has 3 saturated heterocycles. The predicted molar refractivity (Wildman–Crippen MR) is 93.5 cm³/mol. The molecule has 0 spiro atoms. The molecule has 3 heterocycles. The minimum Gasteiger partial charge on any atom is -0.394 e. The van der Waals surface area contributed by atoms with Gasteiger partial charge in [0, 0.05) is 0 Å². The second-order valence-corrected chi connectivity index (χ2v) is 7.67. The van der Waals surface area contributed by atoms with E-state index in [4.69, 9.17) is 23.7 Å². The van der Waals surface area contributed by atoms with Crippen molar-refractivity contribution < 1.29 is 69.6 Å². The molecule has 0 aromatic heterocycles. The number of aliphatic hydroxyl groups is 9. The fraction of sp³-hybridized carbons (Fsp3) is 0.941. The summed E-state index contributed by atoms with van der Waals surface area (Å²) in [5, 5.41) is 88.4. The van der Waals surface area contributed by atoms with Crippen molar-refractivity contribution in [2.75, 3.05) is 19.8 Å². The molecule has 9 N–H and O–H groups in total. The van der Waals surface area contributed by atoms with Crippen molar-refractivity contribution in [1.29, 1.82) is 0 Å². The summed E-state index contributed by atoms with van der Waals surface area (Å²) in [5.74, 6) is 0. The summed E-state index contributed by atoms with van der Waals surface area (Å²) >= 11 is 0. The normalized spacial score (nSPS) is 51.6. The number of aliphatic hydroxyl groups excluding tert-OH is 9.